The minimum atomic E-state index is 0.578. The van der Waals surface area contributed by atoms with E-state index in [0.717, 1.165) is 25.2 Å². The van der Waals surface area contributed by atoms with E-state index in [0.29, 0.717) is 22.4 Å². The maximum Gasteiger partial charge on any atom is 0.156 e. The lowest BCUT2D eigenvalue weighted by Crippen LogP contribution is -2.28. The summed E-state index contributed by atoms with van der Waals surface area (Å²) in [6.07, 6.45) is 0. The van der Waals surface area contributed by atoms with Crippen molar-refractivity contribution >= 4 is 23.2 Å². The van der Waals surface area contributed by atoms with E-state index in [1.54, 1.807) is 0 Å². The number of benzene rings is 1. The summed E-state index contributed by atoms with van der Waals surface area (Å²) in [5, 5.41) is 1.16. The third kappa shape index (κ3) is 4.38. The smallest absolute Gasteiger partial charge is 0.156 e. The highest BCUT2D eigenvalue weighted by molar-refractivity contribution is 6.37. The summed E-state index contributed by atoms with van der Waals surface area (Å²) >= 11 is 12.2. The number of hydrogen-bond acceptors (Lipinski definition) is 2. The molecule has 1 aromatic carbocycles. The van der Waals surface area contributed by atoms with Gasteiger partial charge in [-0.25, -0.2) is 0 Å². The highest BCUT2D eigenvalue weighted by Crippen LogP contribution is 2.33. The normalized spacial score (nSPS) is 10.9. The molecule has 0 aliphatic rings. The molecule has 0 atom stereocenters. The third-order valence-electron chi connectivity index (χ3n) is 2.69. The van der Waals surface area contributed by atoms with Crippen molar-refractivity contribution in [3.05, 3.63) is 27.7 Å². The first-order valence-corrected chi connectivity index (χ1v) is 6.64. The van der Waals surface area contributed by atoms with E-state index in [4.69, 9.17) is 27.9 Å². The fourth-order valence-corrected chi connectivity index (χ4v) is 2.35. The zero-order valence-electron chi connectivity index (χ0n) is 10.6. The van der Waals surface area contributed by atoms with E-state index < -0.39 is 0 Å². The highest BCUT2D eigenvalue weighted by Gasteiger charge is 2.08. The SMILES string of the molecule is CCN(CC)CCOc1c(Cl)cc(C)cc1Cl. The zero-order valence-corrected chi connectivity index (χ0v) is 12.1. The predicted molar refractivity (Wildman–Crippen MR) is 74.5 cm³/mol. The van der Waals surface area contributed by atoms with Crippen molar-refractivity contribution < 1.29 is 4.74 Å². The largest absolute Gasteiger partial charge is 0.489 e. The van der Waals surface area contributed by atoms with Gasteiger partial charge in [0.15, 0.2) is 5.75 Å². The second-order valence-electron chi connectivity index (χ2n) is 3.93. The fourth-order valence-electron chi connectivity index (χ4n) is 1.64. The Bertz CT molecular complexity index is 341. The lowest BCUT2D eigenvalue weighted by Gasteiger charge is -2.18. The molecule has 0 saturated carbocycles. The number of rotatable bonds is 6. The van der Waals surface area contributed by atoms with Crippen molar-refractivity contribution in [3.8, 4) is 5.75 Å². The quantitative estimate of drug-likeness (QED) is 0.778. The van der Waals surface area contributed by atoms with Gasteiger partial charge in [0.2, 0.25) is 0 Å². The molecule has 0 bridgehead atoms. The Balaban J connectivity index is 2.58. The first-order valence-electron chi connectivity index (χ1n) is 5.89. The van der Waals surface area contributed by atoms with Crippen LogP contribution in [0.1, 0.15) is 19.4 Å². The van der Waals surface area contributed by atoms with Crippen LogP contribution in [0.25, 0.3) is 0 Å². The number of nitrogens with zero attached hydrogens (tertiary/aromatic N) is 1. The molecule has 0 fully saturated rings. The van der Waals surface area contributed by atoms with Gasteiger partial charge in [-0.15, -0.1) is 0 Å². The maximum absolute atomic E-state index is 6.09. The fraction of sp³-hybridized carbons (Fsp3) is 0.538. The molecule has 96 valence electrons. The molecule has 0 saturated heterocycles. The van der Waals surface area contributed by atoms with Crippen LogP contribution >= 0.6 is 23.2 Å². The summed E-state index contributed by atoms with van der Waals surface area (Å²) in [5.41, 5.74) is 1.04. The lowest BCUT2D eigenvalue weighted by atomic mass is 10.2. The first-order chi connectivity index (χ1) is 8.08. The average molecular weight is 276 g/mol. The number of hydrogen-bond donors (Lipinski definition) is 0. The summed E-state index contributed by atoms with van der Waals surface area (Å²) in [7, 11) is 0. The number of likely N-dealkylation sites (N-methyl/N-ethyl adjacent to an activating group) is 1. The van der Waals surface area contributed by atoms with Gasteiger partial charge in [0.1, 0.15) is 6.61 Å². The molecule has 2 nitrogen and oxygen atoms in total. The third-order valence-corrected chi connectivity index (χ3v) is 3.25. The summed E-state index contributed by atoms with van der Waals surface area (Å²) < 4.78 is 5.65. The lowest BCUT2D eigenvalue weighted by molar-refractivity contribution is 0.223. The van der Waals surface area contributed by atoms with Gasteiger partial charge in [0.05, 0.1) is 10.0 Å². The van der Waals surface area contributed by atoms with Crippen LogP contribution in [0.4, 0.5) is 0 Å². The molecule has 1 rings (SSSR count). The summed E-state index contributed by atoms with van der Waals surface area (Å²) in [6, 6.07) is 3.72. The van der Waals surface area contributed by atoms with E-state index in [9.17, 15) is 0 Å². The van der Waals surface area contributed by atoms with Gasteiger partial charge in [0.25, 0.3) is 0 Å². The Labute approximate surface area is 113 Å². The Morgan fingerprint density at radius 1 is 1.12 bits per heavy atom. The van der Waals surface area contributed by atoms with Gasteiger partial charge in [0, 0.05) is 6.54 Å². The molecule has 17 heavy (non-hydrogen) atoms. The Kier molecular flexibility index (Phi) is 6.10. The van der Waals surface area contributed by atoms with Gasteiger partial charge < -0.3 is 9.64 Å². The second kappa shape index (κ2) is 7.10. The molecule has 4 heteroatoms. The average Bonchev–Trinajstić information content (AvgIpc) is 2.27. The van der Waals surface area contributed by atoms with Crippen molar-refractivity contribution in [1.82, 2.24) is 4.90 Å². The monoisotopic (exact) mass is 275 g/mol. The van der Waals surface area contributed by atoms with Crippen LogP contribution in [0.15, 0.2) is 12.1 Å². The molecule has 0 radical (unpaired) electrons. The molecular formula is C13H19Cl2NO. The van der Waals surface area contributed by atoms with Crippen LogP contribution in [-0.2, 0) is 0 Å². The Hall–Kier alpha value is -0.440. The molecule has 0 aliphatic heterocycles. The van der Waals surface area contributed by atoms with Gasteiger partial charge in [-0.3, -0.25) is 0 Å². The van der Waals surface area contributed by atoms with Gasteiger partial charge in [-0.2, -0.15) is 0 Å². The molecule has 0 heterocycles. The van der Waals surface area contributed by atoms with Gasteiger partial charge in [-0.1, -0.05) is 37.0 Å². The van der Waals surface area contributed by atoms with Crippen molar-refractivity contribution in [2.75, 3.05) is 26.2 Å². The minimum Gasteiger partial charge on any atom is -0.489 e. The van der Waals surface area contributed by atoms with E-state index in [2.05, 4.69) is 18.7 Å². The van der Waals surface area contributed by atoms with Crippen molar-refractivity contribution in [2.45, 2.75) is 20.8 Å². The number of ether oxygens (including phenoxy) is 1. The van der Waals surface area contributed by atoms with E-state index >= 15 is 0 Å². The molecular weight excluding hydrogens is 257 g/mol. The van der Waals surface area contributed by atoms with Crippen molar-refractivity contribution in [2.24, 2.45) is 0 Å². The summed E-state index contributed by atoms with van der Waals surface area (Å²) in [4.78, 5) is 2.29. The Morgan fingerprint density at radius 2 is 1.65 bits per heavy atom. The second-order valence-corrected chi connectivity index (χ2v) is 4.75. The number of halogens is 2. The van der Waals surface area contributed by atoms with Crippen LogP contribution in [0, 0.1) is 6.92 Å². The van der Waals surface area contributed by atoms with Crippen LogP contribution in [0.5, 0.6) is 5.75 Å². The molecule has 1 aromatic rings. The van der Waals surface area contributed by atoms with Crippen LogP contribution in [-0.4, -0.2) is 31.1 Å². The van der Waals surface area contributed by atoms with Crippen LogP contribution in [0.2, 0.25) is 10.0 Å². The Morgan fingerprint density at radius 3 is 2.12 bits per heavy atom. The maximum atomic E-state index is 6.09. The molecule has 0 unspecified atom stereocenters. The zero-order chi connectivity index (χ0) is 12.8. The van der Waals surface area contributed by atoms with Crippen LogP contribution in [0.3, 0.4) is 0 Å². The first kappa shape index (κ1) is 14.6. The van der Waals surface area contributed by atoms with Crippen molar-refractivity contribution in [3.63, 3.8) is 0 Å². The van der Waals surface area contributed by atoms with Gasteiger partial charge >= 0.3 is 0 Å². The molecule has 0 aromatic heterocycles. The standard InChI is InChI=1S/C13H19Cl2NO/c1-4-16(5-2)6-7-17-13-11(14)8-10(3)9-12(13)15/h8-9H,4-7H2,1-3H3. The number of aryl methyl sites for hydroxylation is 1. The highest BCUT2D eigenvalue weighted by atomic mass is 35.5. The van der Waals surface area contributed by atoms with E-state index in [1.807, 2.05) is 19.1 Å². The van der Waals surface area contributed by atoms with E-state index in [1.165, 1.54) is 0 Å². The summed E-state index contributed by atoms with van der Waals surface area (Å²) in [6.45, 7) is 9.75. The topological polar surface area (TPSA) is 12.5 Å². The molecule has 0 N–H and O–H groups in total. The van der Waals surface area contributed by atoms with E-state index in [-0.39, 0.29) is 0 Å². The predicted octanol–water partition coefficient (Wildman–Crippen LogP) is 4.02. The van der Waals surface area contributed by atoms with Gasteiger partial charge in [-0.05, 0) is 37.7 Å². The van der Waals surface area contributed by atoms with Crippen LogP contribution < -0.4 is 4.74 Å². The molecule has 0 amide bonds. The minimum absolute atomic E-state index is 0.578. The molecule has 0 aliphatic carbocycles. The summed E-state index contributed by atoms with van der Waals surface area (Å²) in [5.74, 6) is 0.589. The molecule has 0 spiro atoms. The van der Waals surface area contributed by atoms with Crippen molar-refractivity contribution in [1.29, 1.82) is 0 Å².